The van der Waals surface area contributed by atoms with Crippen LogP contribution < -0.4 is 5.32 Å². The average Bonchev–Trinajstić information content (AvgIpc) is 3.07. The van der Waals surface area contributed by atoms with E-state index in [9.17, 15) is 4.79 Å². The van der Waals surface area contributed by atoms with Crippen LogP contribution in [0, 0.1) is 6.92 Å². The van der Waals surface area contributed by atoms with Crippen molar-refractivity contribution < 1.29 is 4.79 Å². The van der Waals surface area contributed by atoms with Crippen molar-refractivity contribution in [2.45, 2.75) is 32.9 Å². The van der Waals surface area contributed by atoms with Crippen LogP contribution in [0.3, 0.4) is 0 Å². The minimum atomic E-state index is 0. The molecule has 4 nitrogen and oxygen atoms in total. The van der Waals surface area contributed by atoms with Crippen molar-refractivity contribution in [3.05, 3.63) is 27.0 Å². The first-order valence-electron chi connectivity index (χ1n) is 7.25. The molecular formula is C15H19Cl2N3OS2. The minimum absolute atomic E-state index is 0. The van der Waals surface area contributed by atoms with Gasteiger partial charge in [-0.25, -0.2) is 4.98 Å². The van der Waals surface area contributed by atoms with E-state index in [0.717, 1.165) is 37.9 Å². The van der Waals surface area contributed by atoms with E-state index in [1.165, 1.54) is 22.7 Å². The highest BCUT2D eigenvalue weighted by atomic mass is 35.5. The molecule has 1 amide bonds. The zero-order valence-electron chi connectivity index (χ0n) is 13.1. The monoisotopic (exact) mass is 391 g/mol. The third-order valence-corrected chi connectivity index (χ3v) is 6.62. The maximum absolute atomic E-state index is 12.9. The zero-order chi connectivity index (χ0) is 15.9. The van der Waals surface area contributed by atoms with Crippen LogP contribution in [0.25, 0.3) is 9.88 Å². The van der Waals surface area contributed by atoms with Crippen molar-refractivity contribution in [3.63, 3.8) is 0 Å². The molecule has 2 unspecified atom stereocenters. The third kappa shape index (κ3) is 3.72. The van der Waals surface area contributed by atoms with Crippen LogP contribution in [0.5, 0.6) is 0 Å². The Morgan fingerprint density at radius 2 is 2.13 bits per heavy atom. The van der Waals surface area contributed by atoms with Crippen LogP contribution in [0.4, 0.5) is 0 Å². The highest BCUT2D eigenvalue weighted by Gasteiger charge is 2.31. The van der Waals surface area contributed by atoms with Crippen molar-refractivity contribution in [3.8, 4) is 9.88 Å². The normalized spacial score (nSPS) is 21.1. The molecule has 23 heavy (non-hydrogen) atoms. The van der Waals surface area contributed by atoms with Crippen molar-refractivity contribution in [1.29, 1.82) is 0 Å². The Labute approximate surface area is 155 Å². The summed E-state index contributed by atoms with van der Waals surface area (Å²) in [4.78, 5) is 21.1. The van der Waals surface area contributed by atoms with Gasteiger partial charge < -0.3 is 10.2 Å². The highest BCUT2D eigenvalue weighted by Crippen LogP contribution is 2.35. The van der Waals surface area contributed by atoms with Gasteiger partial charge in [-0.3, -0.25) is 4.79 Å². The molecule has 2 atom stereocenters. The molecule has 8 heteroatoms. The van der Waals surface area contributed by atoms with Crippen LogP contribution in [0.2, 0.25) is 4.34 Å². The Kier molecular flexibility index (Phi) is 6.08. The molecule has 3 rings (SSSR count). The lowest BCUT2D eigenvalue weighted by atomic mass is 10.1. The van der Waals surface area contributed by atoms with E-state index in [2.05, 4.69) is 24.1 Å². The maximum Gasteiger partial charge on any atom is 0.266 e. The lowest BCUT2D eigenvalue weighted by Gasteiger charge is -2.38. The van der Waals surface area contributed by atoms with Crippen LogP contribution >= 0.6 is 46.7 Å². The molecule has 1 aliphatic heterocycles. The van der Waals surface area contributed by atoms with Crippen LogP contribution in [-0.2, 0) is 0 Å². The number of carbonyl (C=O) groups is 1. The van der Waals surface area contributed by atoms with Gasteiger partial charge in [0.1, 0.15) is 9.88 Å². The Morgan fingerprint density at radius 3 is 2.78 bits per heavy atom. The molecule has 1 saturated heterocycles. The first kappa shape index (κ1) is 18.7. The molecule has 2 aromatic rings. The van der Waals surface area contributed by atoms with Crippen molar-refractivity contribution >= 4 is 52.6 Å². The number of thiazole rings is 1. The summed E-state index contributed by atoms with van der Waals surface area (Å²) in [6.45, 7) is 7.68. The first-order chi connectivity index (χ1) is 10.5. The van der Waals surface area contributed by atoms with Gasteiger partial charge in [0.15, 0.2) is 0 Å². The summed E-state index contributed by atoms with van der Waals surface area (Å²) in [6.07, 6.45) is 0. The second-order valence-corrected chi connectivity index (χ2v) is 8.23. The molecule has 1 fully saturated rings. The number of amides is 1. The van der Waals surface area contributed by atoms with E-state index in [1.54, 1.807) is 0 Å². The third-order valence-electron chi connectivity index (χ3n) is 4.07. The van der Waals surface area contributed by atoms with Crippen molar-refractivity contribution in [2.75, 3.05) is 13.1 Å². The van der Waals surface area contributed by atoms with Gasteiger partial charge in [0.05, 0.1) is 14.9 Å². The van der Waals surface area contributed by atoms with Gasteiger partial charge in [-0.15, -0.1) is 35.1 Å². The van der Waals surface area contributed by atoms with Gasteiger partial charge in [0.25, 0.3) is 5.91 Å². The van der Waals surface area contributed by atoms with Gasteiger partial charge in [0.2, 0.25) is 0 Å². The van der Waals surface area contributed by atoms with E-state index < -0.39 is 0 Å². The highest BCUT2D eigenvalue weighted by molar-refractivity contribution is 7.24. The fourth-order valence-corrected chi connectivity index (χ4v) is 4.72. The summed E-state index contributed by atoms with van der Waals surface area (Å²) in [5, 5.41) is 4.27. The van der Waals surface area contributed by atoms with Crippen molar-refractivity contribution in [2.24, 2.45) is 0 Å². The summed E-state index contributed by atoms with van der Waals surface area (Å²) in [5.41, 5.74) is 0.799. The van der Waals surface area contributed by atoms with Gasteiger partial charge >= 0.3 is 0 Å². The number of nitrogens with zero attached hydrogens (tertiary/aromatic N) is 2. The molecule has 2 aromatic heterocycles. The Hall–Kier alpha value is -0.660. The number of hydrogen-bond acceptors (Lipinski definition) is 5. The number of hydrogen-bond donors (Lipinski definition) is 1. The number of aromatic nitrogens is 1. The molecule has 0 spiro atoms. The second kappa shape index (κ2) is 7.49. The largest absolute Gasteiger partial charge is 0.332 e. The molecule has 1 aliphatic rings. The molecule has 1 N–H and O–H groups in total. The average molecular weight is 392 g/mol. The fraction of sp³-hybridized carbons (Fsp3) is 0.467. The molecule has 0 saturated carbocycles. The Morgan fingerprint density at radius 1 is 1.39 bits per heavy atom. The van der Waals surface area contributed by atoms with Gasteiger partial charge in [-0.2, -0.15) is 0 Å². The summed E-state index contributed by atoms with van der Waals surface area (Å²) < 4.78 is 0.736. The molecule has 0 bridgehead atoms. The Balaban J connectivity index is 0.00000192. The summed E-state index contributed by atoms with van der Waals surface area (Å²) in [7, 11) is 0. The van der Waals surface area contributed by atoms with Crippen LogP contribution in [0.15, 0.2) is 12.1 Å². The standard InChI is InChI=1S/C15H18ClN3OS2.ClH/c1-8-10(3)19(7-6-17-8)15(20)13-9(2)18-14(22-13)11-4-5-12(16)21-11;/h4-5,8,10,17H,6-7H2,1-3H3;1H. The molecule has 0 aliphatic carbocycles. The SMILES string of the molecule is Cc1nc(-c2ccc(Cl)s2)sc1C(=O)N1CCNC(C)C1C.Cl. The van der Waals surface area contributed by atoms with Gasteiger partial charge in [-0.05, 0) is 32.9 Å². The fourth-order valence-electron chi connectivity index (χ4n) is 2.60. The van der Waals surface area contributed by atoms with Crippen LogP contribution in [-0.4, -0.2) is 41.0 Å². The molecule has 3 heterocycles. The summed E-state index contributed by atoms with van der Waals surface area (Å²) in [5.74, 6) is 0.0877. The van der Waals surface area contributed by atoms with Crippen molar-refractivity contribution in [1.82, 2.24) is 15.2 Å². The predicted molar refractivity (Wildman–Crippen MR) is 100 cm³/mol. The lowest BCUT2D eigenvalue weighted by Crippen LogP contribution is -2.57. The molecular weight excluding hydrogens is 373 g/mol. The number of aryl methyl sites for hydroxylation is 1. The van der Waals surface area contributed by atoms with E-state index in [0.29, 0.717) is 6.04 Å². The smallest absolute Gasteiger partial charge is 0.266 e. The first-order valence-corrected chi connectivity index (χ1v) is 9.26. The number of nitrogens with one attached hydrogen (secondary N) is 1. The molecule has 0 radical (unpaired) electrons. The van der Waals surface area contributed by atoms with Gasteiger partial charge in [-0.1, -0.05) is 11.6 Å². The zero-order valence-corrected chi connectivity index (χ0v) is 16.3. The maximum atomic E-state index is 12.9. The quantitative estimate of drug-likeness (QED) is 0.838. The van der Waals surface area contributed by atoms with E-state index >= 15 is 0 Å². The number of piperazine rings is 1. The van der Waals surface area contributed by atoms with E-state index in [-0.39, 0.29) is 24.4 Å². The van der Waals surface area contributed by atoms with E-state index in [1.807, 2.05) is 24.0 Å². The van der Waals surface area contributed by atoms with Gasteiger partial charge in [0, 0.05) is 25.2 Å². The second-order valence-electron chi connectivity index (χ2n) is 5.52. The van der Waals surface area contributed by atoms with E-state index in [4.69, 9.17) is 11.6 Å². The number of rotatable bonds is 2. The van der Waals surface area contributed by atoms with Crippen LogP contribution in [0.1, 0.15) is 29.2 Å². The molecule has 126 valence electrons. The lowest BCUT2D eigenvalue weighted by molar-refractivity contribution is 0.0607. The number of thiophene rings is 1. The number of carbonyl (C=O) groups excluding carboxylic acids is 1. The minimum Gasteiger partial charge on any atom is -0.332 e. The topological polar surface area (TPSA) is 45.2 Å². The Bertz CT molecular complexity index is 701. The summed E-state index contributed by atoms with van der Waals surface area (Å²) in [6, 6.07) is 4.30. The number of halogens is 2. The molecule has 0 aromatic carbocycles. The summed E-state index contributed by atoms with van der Waals surface area (Å²) >= 11 is 8.94. The predicted octanol–water partition coefficient (Wildman–Crippen LogP) is 4.08.